The predicted molar refractivity (Wildman–Crippen MR) is 79.3 cm³/mol. The van der Waals surface area contributed by atoms with Gasteiger partial charge in [-0.05, 0) is 25.1 Å². The van der Waals surface area contributed by atoms with Crippen LogP contribution in [0.3, 0.4) is 0 Å². The van der Waals surface area contributed by atoms with Gasteiger partial charge in [0.2, 0.25) is 0 Å². The van der Waals surface area contributed by atoms with Crippen LogP contribution in [0.25, 0.3) is 0 Å². The number of halogens is 1. The van der Waals surface area contributed by atoms with E-state index in [1.807, 2.05) is 12.1 Å². The fourth-order valence-corrected chi connectivity index (χ4v) is 1.83. The molecule has 5 nitrogen and oxygen atoms in total. The molecule has 104 valence electrons. The lowest BCUT2D eigenvalue weighted by Crippen LogP contribution is -2.10. The molecule has 0 bridgehead atoms. The summed E-state index contributed by atoms with van der Waals surface area (Å²) in [5, 5.41) is 3.54. The van der Waals surface area contributed by atoms with E-state index in [0.29, 0.717) is 16.5 Å². The highest BCUT2D eigenvalue weighted by Gasteiger charge is 2.15. The summed E-state index contributed by atoms with van der Waals surface area (Å²) in [6, 6.07) is 8.71. The number of benzene rings is 1. The largest absolute Gasteiger partial charge is 0.462 e. The van der Waals surface area contributed by atoms with Gasteiger partial charge in [0, 0.05) is 6.20 Å². The number of nitrogens with zero attached hydrogens (tertiary/aromatic N) is 1. The molecule has 0 saturated heterocycles. The van der Waals surface area contributed by atoms with Gasteiger partial charge in [-0.1, -0.05) is 23.7 Å². The minimum atomic E-state index is -0.477. The molecular weight excluding hydrogens is 278 g/mol. The Morgan fingerprint density at radius 1 is 1.40 bits per heavy atom. The Bertz CT molecular complexity index is 632. The second-order valence-corrected chi connectivity index (χ2v) is 4.35. The zero-order valence-corrected chi connectivity index (χ0v) is 11.6. The van der Waals surface area contributed by atoms with Gasteiger partial charge in [-0.25, -0.2) is 9.78 Å². The second kappa shape index (κ2) is 6.25. The quantitative estimate of drug-likeness (QED) is 0.846. The third-order valence-electron chi connectivity index (χ3n) is 2.61. The molecule has 2 rings (SSSR count). The molecule has 0 aliphatic carbocycles. The third kappa shape index (κ3) is 3.00. The Kier molecular flexibility index (Phi) is 4.42. The van der Waals surface area contributed by atoms with Gasteiger partial charge in [-0.3, -0.25) is 0 Å². The maximum Gasteiger partial charge on any atom is 0.340 e. The smallest absolute Gasteiger partial charge is 0.340 e. The van der Waals surface area contributed by atoms with Crippen molar-refractivity contribution in [3.63, 3.8) is 0 Å². The Labute approximate surface area is 121 Å². The number of rotatable bonds is 4. The van der Waals surface area contributed by atoms with Crippen LogP contribution in [-0.4, -0.2) is 17.6 Å². The van der Waals surface area contributed by atoms with Gasteiger partial charge < -0.3 is 15.8 Å². The fraction of sp³-hybridized carbons (Fsp3) is 0.143. The molecular formula is C14H14ClN3O2. The van der Waals surface area contributed by atoms with Gasteiger partial charge in [0.25, 0.3) is 0 Å². The van der Waals surface area contributed by atoms with Crippen LogP contribution in [0.4, 0.5) is 17.2 Å². The number of nitrogen functional groups attached to an aromatic ring is 1. The molecule has 1 heterocycles. The van der Waals surface area contributed by atoms with Gasteiger partial charge in [0.05, 0.1) is 28.6 Å². The summed E-state index contributed by atoms with van der Waals surface area (Å²) in [7, 11) is 0. The van der Waals surface area contributed by atoms with Crippen LogP contribution >= 0.6 is 11.6 Å². The van der Waals surface area contributed by atoms with Crippen LogP contribution in [0.1, 0.15) is 17.3 Å². The third-order valence-corrected chi connectivity index (χ3v) is 2.94. The summed E-state index contributed by atoms with van der Waals surface area (Å²) in [5.74, 6) is -0.113. The van der Waals surface area contributed by atoms with E-state index < -0.39 is 5.97 Å². The number of hydrogen-bond acceptors (Lipinski definition) is 5. The van der Waals surface area contributed by atoms with E-state index in [4.69, 9.17) is 22.1 Å². The van der Waals surface area contributed by atoms with E-state index in [-0.39, 0.29) is 17.9 Å². The Balaban J connectivity index is 2.32. The van der Waals surface area contributed by atoms with E-state index in [2.05, 4.69) is 10.3 Å². The average Bonchev–Trinajstić information content (AvgIpc) is 2.43. The molecule has 20 heavy (non-hydrogen) atoms. The summed E-state index contributed by atoms with van der Waals surface area (Å²) >= 11 is 6.06. The summed E-state index contributed by atoms with van der Waals surface area (Å²) in [5.41, 5.74) is 7.11. The van der Waals surface area contributed by atoms with Crippen molar-refractivity contribution in [2.45, 2.75) is 6.92 Å². The minimum absolute atomic E-state index is 0.228. The molecule has 1 aromatic heterocycles. The van der Waals surface area contributed by atoms with E-state index >= 15 is 0 Å². The van der Waals surface area contributed by atoms with Crippen LogP contribution in [0, 0.1) is 0 Å². The van der Waals surface area contributed by atoms with Crippen molar-refractivity contribution in [1.29, 1.82) is 0 Å². The van der Waals surface area contributed by atoms with Crippen molar-refractivity contribution in [2.75, 3.05) is 17.7 Å². The summed E-state index contributed by atoms with van der Waals surface area (Å²) < 4.78 is 4.94. The molecule has 1 aromatic carbocycles. The SMILES string of the molecule is CCOC(=O)c1ccnc(Nc2ccccc2Cl)c1N. The van der Waals surface area contributed by atoms with E-state index in [0.717, 1.165) is 0 Å². The number of pyridine rings is 1. The molecule has 0 aliphatic heterocycles. The minimum Gasteiger partial charge on any atom is -0.462 e. The number of esters is 1. The van der Waals surface area contributed by atoms with Gasteiger partial charge in [-0.2, -0.15) is 0 Å². The van der Waals surface area contributed by atoms with Crippen molar-refractivity contribution in [1.82, 2.24) is 4.98 Å². The number of carbonyl (C=O) groups is 1. The molecule has 0 spiro atoms. The monoisotopic (exact) mass is 291 g/mol. The molecule has 2 aromatic rings. The number of nitrogens with one attached hydrogen (secondary N) is 1. The summed E-state index contributed by atoms with van der Waals surface area (Å²) in [6.45, 7) is 2.02. The fourth-order valence-electron chi connectivity index (χ4n) is 1.65. The molecule has 0 unspecified atom stereocenters. The van der Waals surface area contributed by atoms with Gasteiger partial charge >= 0.3 is 5.97 Å². The maximum atomic E-state index is 11.8. The lowest BCUT2D eigenvalue weighted by Gasteiger charge is -2.12. The Morgan fingerprint density at radius 2 is 2.15 bits per heavy atom. The van der Waals surface area contributed by atoms with Gasteiger partial charge in [0.1, 0.15) is 0 Å². The number of para-hydroxylation sites is 1. The highest BCUT2D eigenvalue weighted by Crippen LogP contribution is 2.28. The van der Waals surface area contributed by atoms with E-state index in [1.165, 1.54) is 12.3 Å². The van der Waals surface area contributed by atoms with Crippen molar-refractivity contribution in [3.8, 4) is 0 Å². The molecule has 3 N–H and O–H groups in total. The number of ether oxygens (including phenoxy) is 1. The molecule has 6 heteroatoms. The first-order valence-electron chi connectivity index (χ1n) is 6.06. The number of aromatic nitrogens is 1. The Morgan fingerprint density at radius 3 is 2.85 bits per heavy atom. The first-order chi connectivity index (χ1) is 9.63. The maximum absolute atomic E-state index is 11.8. The lowest BCUT2D eigenvalue weighted by atomic mass is 10.2. The molecule has 0 atom stereocenters. The predicted octanol–water partition coefficient (Wildman–Crippen LogP) is 3.24. The molecule has 0 aliphatic rings. The van der Waals surface area contributed by atoms with E-state index in [9.17, 15) is 4.79 Å². The van der Waals surface area contributed by atoms with E-state index in [1.54, 1.807) is 19.1 Å². The first-order valence-corrected chi connectivity index (χ1v) is 6.44. The normalized spacial score (nSPS) is 10.1. The molecule has 0 amide bonds. The average molecular weight is 292 g/mol. The second-order valence-electron chi connectivity index (χ2n) is 3.95. The number of hydrogen-bond donors (Lipinski definition) is 2. The Hall–Kier alpha value is -2.27. The molecule has 0 radical (unpaired) electrons. The number of carbonyl (C=O) groups excluding carboxylic acids is 1. The zero-order chi connectivity index (χ0) is 14.5. The zero-order valence-electron chi connectivity index (χ0n) is 10.9. The highest BCUT2D eigenvalue weighted by atomic mass is 35.5. The van der Waals surface area contributed by atoms with Gasteiger partial charge in [-0.15, -0.1) is 0 Å². The van der Waals surface area contributed by atoms with Crippen molar-refractivity contribution >= 4 is 34.8 Å². The molecule has 0 saturated carbocycles. The standard InChI is InChI=1S/C14H14ClN3O2/c1-2-20-14(19)9-7-8-17-13(12(9)16)18-11-6-4-3-5-10(11)15/h3-8H,2,16H2,1H3,(H,17,18). The van der Waals surface area contributed by atoms with Crippen molar-refractivity contribution < 1.29 is 9.53 Å². The first kappa shape index (κ1) is 14.1. The van der Waals surface area contributed by atoms with Crippen LogP contribution in [-0.2, 0) is 4.74 Å². The topological polar surface area (TPSA) is 77.2 Å². The van der Waals surface area contributed by atoms with Gasteiger partial charge in [0.15, 0.2) is 5.82 Å². The van der Waals surface area contributed by atoms with Crippen LogP contribution in [0.5, 0.6) is 0 Å². The van der Waals surface area contributed by atoms with Crippen LogP contribution in [0.15, 0.2) is 36.5 Å². The van der Waals surface area contributed by atoms with Crippen molar-refractivity contribution in [3.05, 3.63) is 47.1 Å². The number of nitrogens with two attached hydrogens (primary N) is 1. The number of anilines is 3. The summed E-state index contributed by atoms with van der Waals surface area (Å²) in [4.78, 5) is 15.9. The molecule has 0 fully saturated rings. The lowest BCUT2D eigenvalue weighted by molar-refractivity contribution is 0.0527. The van der Waals surface area contributed by atoms with Crippen molar-refractivity contribution in [2.24, 2.45) is 0 Å². The highest BCUT2D eigenvalue weighted by molar-refractivity contribution is 6.33. The summed E-state index contributed by atoms with van der Waals surface area (Å²) in [6.07, 6.45) is 1.49. The van der Waals surface area contributed by atoms with Crippen LogP contribution < -0.4 is 11.1 Å². The van der Waals surface area contributed by atoms with Crippen LogP contribution in [0.2, 0.25) is 5.02 Å².